The molecule has 0 spiro atoms. The fraction of sp³-hybridized carbons (Fsp3) is 0.444. The molecule has 0 radical (unpaired) electrons. The molecule has 0 aliphatic heterocycles. The summed E-state index contributed by atoms with van der Waals surface area (Å²) in [5.41, 5.74) is 1.04. The van der Waals surface area contributed by atoms with Gasteiger partial charge in [0.25, 0.3) is 0 Å². The third-order valence-electron chi connectivity index (χ3n) is 4.25. The summed E-state index contributed by atoms with van der Waals surface area (Å²) >= 11 is -0.964. The summed E-state index contributed by atoms with van der Waals surface area (Å²) in [6.45, 7) is 0.0708. The molecular weight excluding hydrogens is 308 g/mol. The number of carbonyl (C=O) groups is 1. The molecule has 1 amide bonds. The predicted molar refractivity (Wildman–Crippen MR) is 91.9 cm³/mol. The number of nitrogens with zero attached hydrogens (tertiary/aromatic N) is 1. The van der Waals surface area contributed by atoms with Gasteiger partial charge in [0.05, 0.1) is 6.07 Å². The molecule has 0 bridgehead atoms. The van der Waals surface area contributed by atoms with E-state index in [4.69, 9.17) is 5.26 Å². The maximum absolute atomic E-state index is 12.2. The van der Waals surface area contributed by atoms with Crippen molar-refractivity contribution in [1.29, 1.82) is 5.26 Å². The Bertz CT molecular complexity index is 590. The van der Waals surface area contributed by atoms with Gasteiger partial charge < -0.3 is 9.87 Å². The number of benzene rings is 1. The van der Waals surface area contributed by atoms with Crippen LogP contribution >= 0.6 is 0 Å². The smallest absolute Gasteiger partial charge is 0.224 e. The molecule has 1 fully saturated rings. The maximum Gasteiger partial charge on any atom is 0.224 e. The zero-order chi connectivity index (χ0) is 16.7. The monoisotopic (exact) mass is 330 g/mol. The maximum atomic E-state index is 12.2. The number of amides is 1. The van der Waals surface area contributed by atoms with Crippen LogP contribution in [0, 0.1) is 23.2 Å². The van der Waals surface area contributed by atoms with E-state index in [2.05, 4.69) is 11.4 Å². The average Bonchev–Trinajstić information content (AvgIpc) is 2.58. The zero-order valence-electron chi connectivity index (χ0n) is 13.3. The number of hydrogen-bond donors (Lipinski definition) is 1. The number of nitriles is 1. The SMILES string of the molecule is C[S+]([O-])c1ccc(C=CC2CCCCC2C(=O)NCC#N)cc1. The van der Waals surface area contributed by atoms with E-state index < -0.39 is 11.2 Å². The summed E-state index contributed by atoms with van der Waals surface area (Å²) in [7, 11) is 0. The van der Waals surface area contributed by atoms with Gasteiger partial charge in [0, 0.05) is 5.92 Å². The first kappa shape index (κ1) is 17.6. The minimum Gasteiger partial charge on any atom is -0.612 e. The lowest BCUT2D eigenvalue weighted by atomic mass is 9.78. The molecule has 0 aromatic heterocycles. The average molecular weight is 330 g/mol. The molecule has 3 atom stereocenters. The van der Waals surface area contributed by atoms with E-state index in [1.807, 2.05) is 36.4 Å². The minimum absolute atomic E-state index is 0.0161. The molecule has 0 heterocycles. The highest BCUT2D eigenvalue weighted by molar-refractivity contribution is 7.90. The third kappa shape index (κ3) is 5.12. The summed E-state index contributed by atoms with van der Waals surface area (Å²) in [5.74, 6) is 0.149. The molecule has 1 saturated carbocycles. The summed E-state index contributed by atoms with van der Waals surface area (Å²) < 4.78 is 11.4. The van der Waals surface area contributed by atoms with Gasteiger partial charge in [0.2, 0.25) is 5.91 Å². The van der Waals surface area contributed by atoms with Crippen LogP contribution in [-0.2, 0) is 16.0 Å². The molecule has 1 aliphatic rings. The largest absolute Gasteiger partial charge is 0.612 e. The molecule has 1 aromatic carbocycles. The lowest BCUT2D eigenvalue weighted by Crippen LogP contribution is -2.36. The van der Waals surface area contributed by atoms with E-state index >= 15 is 0 Å². The number of carbonyl (C=O) groups excluding carboxylic acids is 1. The van der Waals surface area contributed by atoms with E-state index in [1.54, 1.807) is 6.26 Å². The molecular formula is C18H22N2O2S. The first-order valence-electron chi connectivity index (χ1n) is 7.88. The van der Waals surface area contributed by atoms with E-state index in [9.17, 15) is 9.35 Å². The lowest BCUT2D eigenvalue weighted by molar-refractivity contribution is -0.126. The van der Waals surface area contributed by atoms with E-state index in [0.717, 1.165) is 36.1 Å². The van der Waals surface area contributed by atoms with Crippen LogP contribution < -0.4 is 5.32 Å². The second-order valence-electron chi connectivity index (χ2n) is 5.81. The van der Waals surface area contributed by atoms with Gasteiger partial charge in [0.15, 0.2) is 4.90 Å². The third-order valence-corrected chi connectivity index (χ3v) is 5.18. The van der Waals surface area contributed by atoms with Crippen LogP contribution in [0.4, 0.5) is 0 Å². The van der Waals surface area contributed by atoms with Crippen LogP contribution in [0.3, 0.4) is 0 Å². The molecule has 122 valence electrons. The van der Waals surface area contributed by atoms with E-state index in [-0.39, 0.29) is 24.3 Å². The molecule has 2 rings (SSSR count). The molecule has 1 aliphatic carbocycles. The van der Waals surface area contributed by atoms with Crippen molar-refractivity contribution >= 4 is 23.2 Å². The highest BCUT2D eigenvalue weighted by Crippen LogP contribution is 2.31. The highest BCUT2D eigenvalue weighted by Gasteiger charge is 2.28. The van der Waals surface area contributed by atoms with Crippen LogP contribution in [-0.4, -0.2) is 23.3 Å². The molecule has 3 unspecified atom stereocenters. The van der Waals surface area contributed by atoms with Gasteiger partial charge in [-0.05, 0) is 47.6 Å². The Balaban J connectivity index is 2.03. The second-order valence-corrected chi connectivity index (χ2v) is 7.19. The van der Waals surface area contributed by atoms with Crippen molar-refractivity contribution in [2.24, 2.45) is 11.8 Å². The fourth-order valence-corrected chi connectivity index (χ4v) is 3.50. The predicted octanol–water partition coefficient (Wildman–Crippen LogP) is 2.88. The fourth-order valence-electron chi connectivity index (χ4n) is 2.98. The molecule has 23 heavy (non-hydrogen) atoms. The number of rotatable bonds is 5. The van der Waals surface area contributed by atoms with E-state index in [1.165, 1.54) is 0 Å². The number of allylic oxidation sites excluding steroid dienone is 1. The molecule has 1 aromatic rings. The zero-order valence-corrected chi connectivity index (χ0v) is 14.1. The number of hydrogen-bond acceptors (Lipinski definition) is 3. The Labute approximate surface area is 140 Å². The van der Waals surface area contributed by atoms with Crippen LogP contribution in [0.25, 0.3) is 6.08 Å². The van der Waals surface area contributed by atoms with Crippen molar-refractivity contribution in [1.82, 2.24) is 5.32 Å². The van der Waals surface area contributed by atoms with Crippen LogP contribution in [0.15, 0.2) is 35.2 Å². The Morgan fingerprint density at radius 3 is 2.74 bits per heavy atom. The van der Waals surface area contributed by atoms with Gasteiger partial charge in [0.1, 0.15) is 12.8 Å². The van der Waals surface area contributed by atoms with Crippen molar-refractivity contribution in [2.75, 3.05) is 12.8 Å². The van der Waals surface area contributed by atoms with Crippen LogP contribution in [0.1, 0.15) is 31.2 Å². The molecule has 1 N–H and O–H groups in total. The first-order valence-corrected chi connectivity index (χ1v) is 9.44. The van der Waals surface area contributed by atoms with Gasteiger partial charge in [-0.2, -0.15) is 5.26 Å². The summed E-state index contributed by atoms with van der Waals surface area (Å²) in [6, 6.07) is 9.58. The van der Waals surface area contributed by atoms with Gasteiger partial charge in [-0.3, -0.25) is 4.79 Å². The summed E-state index contributed by atoms with van der Waals surface area (Å²) in [5, 5.41) is 11.3. The standard InChI is InChI=1S/C18H22N2O2S/c1-23(22)16-10-7-14(8-11-16)6-9-15-4-2-3-5-17(15)18(21)20-13-12-19/h6-11,15,17H,2-5,13H2,1H3,(H,20,21). The Kier molecular flexibility index (Phi) is 6.69. The Morgan fingerprint density at radius 2 is 2.09 bits per heavy atom. The van der Waals surface area contributed by atoms with Crippen molar-refractivity contribution in [3.8, 4) is 6.07 Å². The van der Waals surface area contributed by atoms with Gasteiger partial charge in [-0.1, -0.05) is 37.1 Å². The van der Waals surface area contributed by atoms with Crippen LogP contribution in [0.5, 0.6) is 0 Å². The topological polar surface area (TPSA) is 75.9 Å². The van der Waals surface area contributed by atoms with Crippen molar-refractivity contribution in [2.45, 2.75) is 30.6 Å². The summed E-state index contributed by atoms with van der Waals surface area (Å²) in [4.78, 5) is 13.0. The van der Waals surface area contributed by atoms with Gasteiger partial charge in [-0.15, -0.1) is 0 Å². The van der Waals surface area contributed by atoms with Crippen molar-refractivity contribution < 1.29 is 9.35 Å². The summed E-state index contributed by atoms with van der Waals surface area (Å²) in [6.07, 6.45) is 9.86. The Hall–Kier alpha value is -1.77. The highest BCUT2D eigenvalue weighted by atomic mass is 32.2. The second kappa shape index (κ2) is 8.76. The van der Waals surface area contributed by atoms with Crippen molar-refractivity contribution in [3.63, 3.8) is 0 Å². The normalized spacial score (nSPS) is 22.5. The van der Waals surface area contributed by atoms with Crippen LogP contribution in [0.2, 0.25) is 0 Å². The van der Waals surface area contributed by atoms with Gasteiger partial charge in [-0.25, -0.2) is 0 Å². The lowest BCUT2D eigenvalue weighted by Gasteiger charge is -2.28. The van der Waals surface area contributed by atoms with Gasteiger partial charge >= 0.3 is 0 Å². The molecule has 4 nitrogen and oxygen atoms in total. The van der Waals surface area contributed by atoms with E-state index in [0.29, 0.717) is 0 Å². The minimum atomic E-state index is -0.964. The van der Waals surface area contributed by atoms with Crippen molar-refractivity contribution in [3.05, 3.63) is 35.9 Å². The molecule has 5 heteroatoms. The first-order chi connectivity index (χ1) is 11.1. The number of nitrogens with one attached hydrogen (secondary N) is 1. The Morgan fingerprint density at radius 1 is 1.39 bits per heavy atom. The molecule has 0 saturated heterocycles. The quantitative estimate of drug-likeness (QED) is 0.666.